The summed E-state index contributed by atoms with van der Waals surface area (Å²) in [5, 5.41) is 1.25. The van der Waals surface area contributed by atoms with Gasteiger partial charge < -0.3 is 9.47 Å². The van der Waals surface area contributed by atoms with Gasteiger partial charge in [-0.05, 0) is 53.8 Å². The van der Waals surface area contributed by atoms with Crippen LogP contribution in [0.4, 0.5) is 11.6 Å². The number of nitrogens with zero attached hydrogens (tertiary/aromatic N) is 5. The van der Waals surface area contributed by atoms with Gasteiger partial charge in [0.15, 0.2) is 11.6 Å². The van der Waals surface area contributed by atoms with E-state index in [-0.39, 0.29) is 12.0 Å². The largest absolute Gasteiger partial charge is 0.311 e. The smallest absolute Gasteiger partial charge is 0.234 e. The molecule has 0 bridgehead atoms. The summed E-state index contributed by atoms with van der Waals surface area (Å²) in [6.45, 7) is 0. The fraction of sp³-hybridized carbons (Fsp3) is 0.0930. The molecule has 1 aliphatic heterocycles. The highest BCUT2D eigenvalue weighted by Gasteiger charge is 2.49. The maximum absolute atomic E-state index is 5.31. The van der Waals surface area contributed by atoms with Crippen molar-refractivity contribution in [1.82, 2.24) is 19.5 Å². The molecule has 0 amide bonds. The second kappa shape index (κ2) is 10.7. The normalized spacial score (nSPS) is 17.4. The molecule has 3 aliphatic rings. The molecule has 0 fully saturated rings. The van der Waals surface area contributed by atoms with Crippen molar-refractivity contribution in [2.24, 2.45) is 0 Å². The van der Waals surface area contributed by atoms with Gasteiger partial charge in [-0.3, -0.25) is 0 Å². The number of anilines is 2. The third-order valence-electron chi connectivity index (χ3n) is 10.0. The monoisotopic (exact) mass is 617 g/mol. The Balaban J connectivity index is 1.31. The second-order valence-corrected chi connectivity index (χ2v) is 12.7. The summed E-state index contributed by atoms with van der Waals surface area (Å²) >= 11 is 0. The van der Waals surface area contributed by atoms with Gasteiger partial charge in [0.1, 0.15) is 0 Å². The van der Waals surface area contributed by atoms with Crippen molar-refractivity contribution in [3.05, 3.63) is 174 Å². The van der Waals surface area contributed by atoms with E-state index in [1.165, 1.54) is 38.9 Å². The average molecular weight is 618 g/mol. The van der Waals surface area contributed by atoms with E-state index in [2.05, 4.69) is 143 Å². The van der Waals surface area contributed by atoms with Crippen LogP contribution < -0.4 is 4.90 Å². The van der Waals surface area contributed by atoms with E-state index < -0.39 is 0 Å². The van der Waals surface area contributed by atoms with Gasteiger partial charge in [-0.2, -0.15) is 9.97 Å². The van der Waals surface area contributed by atoms with Crippen LogP contribution in [0.5, 0.6) is 0 Å². The number of allylic oxidation sites excluding steroid dienone is 4. The fourth-order valence-electron chi connectivity index (χ4n) is 8.06. The fourth-order valence-corrected chi connectivity index (χ4v) is 8.06. The molecular weight excluding hydrogens is 587 g/mol. The molecule has 5 heteroatoms. The average Bonchev–Trinajstić information content (AvgIpc) is 3.70. The maximum atomic E-state index is 5.31. The van der Waals surface area contributed by atoms with Crippen molar-refractivity contribution >= 4 is 28.1 Å². The van der Waals surface area contributed by atoms with Crippen molar-refractivity contribution < 1.29 is 0 Å². The molecule has 48 heavy (non-hydrogen) atoms. The quantitative estimate of drug-likeness (QED) is 0.197. The van der Waals surface area contributed by atoms with Crippen LogP contribution in [0.3, 0.4) is 0 Å². The molecule has 0 saturated carbocycles. The molecule has 0 spiro atoms. The Kier molecular flexibility index (Phi) is 6.06. The number of benzene rings is 5. The number of hydrogen-bond acceptors (Lipinski definition) is 4. The van der Waals surface area contributed by atoms with Crippen molar-refractivity contribution in [2.75, 3.05) is 4.90 Å². The van der Waals surface area contributed by atoms with E-state index in [9.17, 15) is 0 Å². The summed E-state index contributed by atoms with van der Waals surface area (Å²) in [6.07, 6.45) is 8.62. The lowest BCUT2D eigenvalue weighted by Gasteiger charge is -2.35. The van der Waals surface area contributed by atoms with Crippen LogP contribution in [0.2, 0.25) is 0 Å². The zero-order valence-electron chi connectivity index (χ0n) is 26.2. The molecule has 2 aliphatic carbocycles. The lowest BCUT2D eigenvalue weighted by Crippen LogP contribution is -2.29. The van der Waals surface area contributed by atoms with Crippen LogP contribution in [-0.4, -0.2) is 19.5 Å². The van der Waals surface area contributed by atoms with Gasteiger partial charge in [0.25, 0.3) is 0 Å². The van der Waals surface area contributed by atoms with Gasteiger partial charge in [0.2, 0.25) is 5.95 Å². The number of para-hydroxylation sites is 3. The molecule has 0 saturated heterocycles. The first-order valence-electron chi connectivity index (χ1n) is 16.7. The second-order valence-electron chi connectivity index (χ2n) is 12.7. The van der Waals surface area contributed by atoms with Gasteiger partial charge in [-0.15, -0.1) is 0 Å². The van der Waals surface area contributed by atoms with E-state index in [1.54, 1.807) is 0 Å². The molecule has 7 aromatic rings. The van der Waals surface area contributed by atoms with Crippen LogP contribution in [0.25, 0.3) is 44.7 Å². The molecule has 3 heterocycles. The Morgan fingerprint density at radius 2 is 1.31 bits per heavy atom. The van der Waals surface area contributed by atoms with Crippen molar-refractivity contribution in [3.63, 3.8) is 0 Å². The highest BCUT2D eigenvalue weighted by molar-refractivity contribution is 6.02. The Hall–Kier alpha value is -6.07. The number of aromatic nitrogens is 4. The van der Waals surface area contributed by atoms with Crippen LogP contribution in [0.1, 0.15) is 47.4 Å². The van der Waals surface area contributed by atoms with Crippen LogP contribution in [0, 0.1) is 0 Å². The molecule has 5 nitrogen and oxygen atoms in total. The molecule has 0 N–H and O–H groups in total. The number of fused-ring (bicyclic) bond motifs is 10. The summed E-state index contributed by atoms with van der Waals surface area (Å²) in [4.78, 5) is 18.1. The van der Waals surface area contributed by atoms with Gasteiger partial charge in [-0.1, -0.05) is 127 Å². The Bertz CT molecular complexity index is 2390. The van der Waals surface area contributed by atoms with E-state index >= 15 is 0 Å². The van der Waals surface area contributed by atoms with Gasteiger partial charge in [0, 0.05) is 39.4 Å². The first-order chi connectivity index (χ1) is 23.8. The maximum Gasteiger partial charge on any atom is 0.234 e. The molecule has 10 rings (SSSR count). The summed E-state index contributed by atoms with van der Waals surface area (Å²) in [6, 6.07) is 47.6. The summed E-state index contributed by atoms with van der Waals surface area (Å²) in [5.74, 6) is 2.12. The minimum absolute atomic E-state index is 0.0749. The highest BCUT2D eigenvalue weighted by Crippen LogP contribution is 2.62. The van der Waals surface area contributed by atoms with Crippen molar-refractivity contribution in [2.45, 2.75) is 24.8 Å². The molecule has 228 valence electrons. The Morgan fingerprint density at radius 3 is 2.15 bits per heavy atom. The lowest BCUT2D eigenvalue weighted by molar-refractivity contribution is 0.612. The third kappa shape index (κ3) is 4.00. The van der Waals surface area contributed by atoms with Crippen LogP contribution in [-0.2, 0) is 0 Å². The Labute approximate surface area is 279 Å². The van der Waals surface area contributed by atoms with Gasteiger partial charge in [0.05, 0.1) is 17.3 Å². The molecule has 5 aromatic carbocycles. The van der Waals surface area contributed by atoms with E-state index in [4.69, 9.17) is 15.0 Å². The van der Waals surface area contributed by atoms with E-state index in [0.29, 0.717) is 17.6 Å². The van der Waals surface area contributed by atoms with Crippen LogP contribution in [0.15, 0.2) is 152 Å². The van der Waals surface area contributed by atoms with Gasteiger partial charge in [-0.25, -0.2) is 4.98 Å². The molecule has 2 aromatic heterocycles. The summed E-state index contributed by atoms with van der Waals surface area (Å²) < 4.78 is 2.48. The van der Waals surface area contributed by atoms with Gasteiger partial charge >= 0.3 is 0 Å². The van der Waals surface area contributed by atoms with Crippen LogP contribution >= 0.6 is 0 Å². The Morgan fingerprint density at radius 1 is 0.604 bits per heavy atom. The topological polar surface area (TPSA) is 46.8 Å². The molecular formula is C43H31N5. The van der Waals surface area contributed by atoms with Crippen molar-refractivity contribution in [1.29, 1.82) is 0 Å². The predicted octanol–water partition coefficient (Wildman–Crippen LogP) is 10.2. The highest BCUT2D eigenvalue weighted by atomic mass is 15.3. The zero-order valence-corrected chi connectivity index (χ0v) is 26.2. The zero-order chi connectivity index (χ0) is 31.6. The lowest BCUT2D eigenvalue weighted by atomic mass is 9.76. The third-order valence-corrected chi connectivity index (χ3v) is 10.0. The van der Waals surface area contributed by atoms with E-state index in [0.717, 1.165) is 35.4 Å². The molecule has 2 atom stereocenters. The minimum atomic E-state index is -0.102. The molecule has 2 unspecified atom stereocenters. The van der Waals surface area contributed by atoms with Crippen molar-refractivity contribution in [3.8, 4) is 28.2 Å². The first-order valence-corrected chi connectivity index (χ1v) is 16.7. The SMILES string of the molecule is C1=CC(c2nc(-c3ccccc3)nc(N3c4ccccc4C4c5ccccc5-c5c(n(-c6ccccc6)c6ccccc56)C43)n2)=CCC1. The summed E-state index contributed by atoms with van der Waals surface area (Å²) in [5.41, 5.74) is 11.9. The standard InChI is InChI=1S/C43H31N5/c1-4-16-28(17-5-1)41-44-42(29-18-6-2-7-19-29)46-43(45-41)48-36-27-15-13-25-34(36)38-32-23-11-10-22-31(32)37-33-24-12-14-26-35(33)47(39(37)40(38)48)30-20-8-3-9-21-30/h1,3-6,8-27,38,40H,2,7H2. The van der Waals surface area contributed by atoms with E-state index in [1.807, 2.05) is 18.2 Å². The minimum Gasteiger partial charge on any atom is -0.311 e. The first kappa shape index (κ1) is 27.1. The predicted molar refractivity (Wildman–Crippen MR) is 193 cm³/mol. The summed E-state index contributed by atoms with van der Waals surface area (Å²) in [7, 11) is 0. The number of rotatable bonds is 4. The number of hydrogen-bond donors (Lipinski definition) is 0. The molecule has 0 radical (unpaired) electrons.